The lowest BCUT2D eigenvalue weighted by molar-refractivity contribution is -0.114. The number of rotatable bonds is 5. The van der Waals surface area contributed by atoms with Gasteiger partial charge in [0.15, 0.2) is 10.3 Å². The summed E-state index contributed by atoms with van der Waals surface area (Å²) in [5.74, 6) is -0.140. The Morgan fingerprint density at radius 3 is 2.79 bits per heavy atom. The van der Waals surface area contributed by atoms with Crippen molar-refractivity contribution < 1.29 is 4.79 Å². The minimum atomic E-state index is -0.140. The third-order valence-electron chi connectivity index (χ3n) is 3.56. The normalized spacial score (nSPS) is 11.9. The van der Waals surface area contributed by atoms with Crippen molar-refractivity contribution in [2.24, 2.45) is 10.7 Å². The van der Waals surface area contributed by atoms with Crippen molar-refractivity contribution in [2.75, 3.05) is 5.32 Å². The van der Waals surface area contributed by atoms with Gasteiger partial charge in [0.05, 0.1) is 10.2 Å². The van der Waals surface area contributed by atoms with Crippen molar-refractivity contribution >= 4 is 66.7 Å². The number of halogens is 1. The van der Waals surface area contributed by atoms with Crippen LogP contribution < -0.4 is 11.1 Å². The van der Waals surface area contributed by atoms with Crippen molar-refractivity contribution in [3.8, 4) is 0 Å². The van der Waals surface area contributed by atoms with Crippen molar-refractivity contribution in [1.29, 1.82) is 0 Å². The van der Waals surface area contributed by atoms with Gasteiger partial charge in [-0.2, -0.15) is 0 Å². The number of hydrogen-bond acceptors (Lipinski definition) is 5. The van der Waals surface area contributed by atoms with E-state index in [9.17, 15) is 4.79 Å². The lowest BCUT2D eigenvalue weighted by Crippen LogP contribution is -2.04. The van der Waals surface area contributed by atoms with E-state index in [-0.39, 0.29) is 5.91 Å². The fourth-order valence-electron chi connectivity index (χ4n) is 2.28. The fraction of sp³-hybridized carbons (Fsp3) is 0.0500. The zero-order valence-corrected chi connectivity index (χ0v) is 17.4. The summed E-state index contributed by atoms with van der Waals surface area (Å²) >= 11 is 8.65. The highest BCUT2D eigenvalue weighted by Gasteiger charge is 2.06. The summed E-state index contributed by atoms with van der Waals surface area (Å²) in [4.78, 5) is 20.7. The molecule has 0 saturated carbocycles. The number of nitrogens with two attached hydrogens (primary N) is 1. The first-order valence-corrected chi connectivity index (χ1v) is 10.2. The van der Waals surface area contributed by atoms with Gasteiger partial charge in [-0.25, -0.2) is 9.98 Å². The molecule has 28 heavy (non-hydrogen) atoms. The Morgan fingerprint density at radius 2 is 2.07 bits per heavy atom. The van der Waals surface area contributed by atoms with Crippen LogP contribution in [0.4, 0.5) is 5.13 Å². The van der Waals surface area contributed by atoms with Crippen LogP contribution in [-0.4, -0.2) is 16.1 Å². The summed E-state index contributed by atoms with van der Waals surface area (Å²) in [5, 5.41) is 4.38. The minimum absolute atomic E-state index is 0.140. The molecule has 1 aromatic heterocycles. The Balaban J connectivity index is 1.67. The molecule has 142 valence electrons. The molecule has 3 N–H and O–H groups in total. The average Bonchev–Trinajstić information content (AvgIpc) is 3.04. The number of benzene rings is 2. The van der Waals surface area contributed by atoms with E-state index in [0.717, 1.165) is 26.2 Å². The number of thiazole rings is 1. The predicted molar refractivity (Wildman–Crippen MR) is 121 cm³/mol. The average molecular weight is 429 g/mol. The summed E-state index contributed by atoms with van der Waals surface area (Å²) in [6.07, 6.45) is 3.42. The lowest BCUT2D eigenvalue weighted by atomic mass is 10.1. The number of carbonyl (C=O) groups is 1. The first-order chi connectivity index (χ1) is 13.4. The first kappa shape index (κ1) is 20.1. The quantitative estimate of drug-likeness (QED) is 0.242. The van der Waals surface area contributed by atoms with Crippen LogP contribution in [0.25, 0.3) is 15.8 Å². The van der Waals surface area contributed by atoms with Gasteiger partial charge >= 0.3 is 0 Å². The third kappa shape index (κ3) is 5.45. The van der Waals surface area contributed by atoms with Crippen LogP contribution in [0.5, 0.6) is 0 Å². The largest absolute Gasteiger partial charge is 0.378 e. The van der Waals surface area contributed by atoms with E-state index in [2.05, 4.69) is 21.9 Å². The molecule has 2 aromatic carbocycles. The number of amidine groups is 1. The Hall–Kier alpha value is -2.61. The molecule has 3 rings (SSSR count). The molecule has 0 fully saturated rings. The van der Waals surface area contributed by atoms with E-state index in [1.54, 1.807) is 12.3 Å². The maximum absolute atomic E-state index is 11.2. The lowest BCUT2D eigenvalue weighted by Gasteiger charge is -2.01. The number of amides is 1. The number of hydrogen-bond donors (Lipinski definition) is 2. The standard InChI is InChI=1S/C20H17ClN4OS2/c1-12(9-10-23-19(22)27-16-6-4-15(21)5-7-16)14-3-8-17-18(11-14)28-20(25-17)24-13(2)26/h3-11H,1H2,2H3,(H2,22,23)(H,24,25,26)/b10-9-. The van der Waals surface area contributed by atoms with Crippen LogP contribution in [0.15, 0.2) is 71.2 Å². The van der Waals surface area contributed by atoms with Gasteiger partial charge in [-0.15, -0.1) is 0 Å². The van der Waals surface area contributed by atoms with Gasteiger partial charge in [-0.1, -0.05) is 47.3 Å². The number of aromatic nitrogens is 1. The summed E-state index contributed by atoms with van der Waals surface area (Å²) in [6, 6.07) is 13.2. The molecule has 0 aliphatic carbocycles. The van der Waals surface area contributed by atoms with Crippen LogP contribution >= 0.6 is 34.7 Å². The summed E-state index contributed by atoms with van der Waals surface area (Å²) in [6.45, 7) is 5.53. The van der Waals surface area contributed by atoms with Crippen molar-refractivity contribution in [3.05, 3.63) is 71.9 Å². The molecule has 8 heteroatoms. The fourth-order valence-corrected chi connectivity index (χ4v) is 3.98. The molecule has 0 aliphatic heterocycles. The molecular weight excluding hydrogens is 412 g/mol. The number of allylic oxidation sites excluding steroid dienone is 2. The van der Waals surface area contributed by atoms with Crippen LogP contribution in [0.2, 0.25) is 5.02 Å². The van der Waals surface area contributed by atoms with Crippen LogP contribution in [0.1, 0.15) is 12.5 Å². The van der Waals surface area contributed by atoms with Gasteiger partial charge in [0.2, 0.25) is 5.91 Å². The number of anilines is 1. The van der Waals surface area contributed by atoms with Gasteiger partial charge in [0.25, 0.3) is 0 Å². The summed E-state index contributed by atoms with van der Waals surface area (Å²) < 4.78 is 0.970. The molecule has 0 unspecified atom stereocenters. The second kappa shape index (κ2) is 9.05. The number of nitrogens with zero attached hydrogens (tertiary/aromatic N) is 2. The number of aliphatic imine (C=N–C) groups is 1. The van der Waals surface area contributed by atoms with Crippen molar-refractivity contribution in [1.82, 2.24) is 4.98 Å². The predicted octanol–water partition coefficient (Wildman–Crippen LogP) is 5.54. The molecular formula is C20H17ClN4OS2. The minimum Gasteiger partial charge on any atom is -0.378 e. The highest BCUT2D eigenvalue weighted by molar-refractivity contribution is 8.13. The Kier molecular flexibility index (Phi) is 6.51. The SMILES string of the molecule is C=C(/C=C\N=C(N)Sc1ccc(Cl)cc1)c1ccc2nc(NC(C)=O)sc2c1. The second-order valence-corrected chi connectivity index (χ2v) is 8.31. The maximum atomic E-state index is 11.2. The molecule has 1 amide bonds. The highest BCUT2D eigenvalue weighted by Crippen LogP contribution is 2.29. The Bertz CT molecular complexity index is 1090. The van der Waals surface area contributed by atoms with Gasteiger partial charge in [-0.05, 0) is 53.6 Å². The third-order valence-corrected chi connectivity index (χ3v) is 5.56. The van der Waals surface area contributed by atoms with E-state index >= 15 is 0 Å². The molecule has 0 radical (unpaired) electrons. The topological polar surface area (TPSA) is 80.4 Å². The van der Waals surface area contributed by atoms with E-state index in [4.69, 9.17) is 17.3 Å². The highest BCUT2D eigenvalue weighted by atomic mass is 35.5. The van der Waals surface area contributed by atoms with Crippen molar-refractivity contribution in [3.63, 3.8) is 0 Å². The molecule has 0 atom stereocenters. The molecule has 0 saturated heterocycles. The first-order valence-electron chi connectivity index (χ1n) is 8.21. The molecule has 5 nitrogen and oxygen atoms in total. The Morgan fingerprint density at radius 1 is 1.32 bits per heavy atom. The molecule has 1 heterocycles. The number of nitrogens with one attached hydrogen (secondary N) is 1. The van der Waals surface area contributed by atoms with Gasteiger partial charge in [0, 0.05) is 23.0 Å². The van der Waals surface area contributed by atoms with E-state index in [1.165, 1.54) is 30.0 Å². The molecule has 0 bridgehead atoms. The smallest absolute Gasteiger partial charge is 0.223 e. The van der Waals surface area contributed by atoms with Gasteiger partial charge in [-0.3, -0.25) is 4.79 Å². The van der Waals surface area contributed by atoms with Crippen LogP contribution in [0.3, 0.4) is 0 Å². The zero-order valence-electron chi connectivity index (χ0n) is 15.0. The molecule has 0 spiro atoms. The van der Waals surface area contributed by atoms with Gasteiger partial charge in [0.1, 0.15) is 0 Å². The van der Waals surface area contributed by atoms with Crippen LogP contribution in [0, 0.1) is 0 Å². The number of carbonyl (C=O) groups excluding carboxylic acids is 1. The monoisotopic (exact) mass is 428 g/mol. The van der Waals surface area contributed by atoms with E-state index in [1.807, 2.05) is 42.5 Å². The van der Waals surface area contributed by atoms with E-state index in [0.29, 0.717) is 15.3 Å². The summed E-state index contributed by atoms with van der Waals surface area (Å²) in [7, 11) is 0. The summed E-state index contributed by atoms with van der Waals surface area (Å²) in [5.41, 5.74) is 8.51. The van der Waals surface area contributed by atoms with E-state index < -0.39 is 0 Å². The van der Waals surface area contributed by atoms with Gasteiger partial charge < -0.3 is 11.1 Å². The Labute approximate surface area is 176 Å². The number of thioether (sulfide) groups is 1. The molecule has 0 aliphatic rings. The van der Waals surface area contributed by atoms with Crippen LogP contribution in [-0.2, 0) is 4.79 Å². The second-order valence-electron chi connectivity index (χ2n) is 5.75. The number of fused-ring (bicyclic) bond motifs is 1. The molecule has 3 aromatic rings. The van der Waals surface area contributed by atoms with Crippen molar-refractivity contribution in [2.45, 2.75) is 11.8 Å². The maximum Gasteiger partial charge on any atom is 0.223 e. The zero-order chi connectivity index (χ0) is 20.1.